The van der Waals surface area contributed by atoms with Crippen LogP contribution in [0.5, 0.6) is 0 Å². The lowest BCUT2D eigenvalue weighted by Gasteiger charge is -2.12. The molecule has 2 rings (SSSR count). The van der Waals surface area contributed by atoms with Gasteiger partial charge in [-0.15, -0.1) is 0 Å². The van der Waals surface area contributed by atoms with Crippen LogP contribution in [0.15, 0.2) is 12.3 Å². The van der Waals surface area contributed by atoms with Crippen LogP contribution in [0.1, 0.15) is 0 Å². The van der Waals surface area contributed by atoms with E-state index in [9.17, 15) is 0 Å². The Morgan fingerprint density at radius 2 is 2.14 bits per heavy atom. The van der Waals surface area contributed by atoms with Crippen LogP contribution in [0.2, 0.25) is 0 Å². The topological polar surface area (TPSA) is 86.0 Å². The molecule has 0 aliphatic heterocycles. The van der Waals surface area contributed by atoms with Crippen molar-refractivity contribution in [2.75, 3.05) is 17.8 Å². The van der Waals surface area contributed by atoms with Gasteiger partial charge in [0, 0.05) is 20.3 Å². The van der Waals surface area contributed by atoms with Crippen molar-refractivity contribution in [2.24, 2.45) is 12.9 Å². The molecule has 0 aliphatic carbocycles. The Bertz CT molecular complexity index is 472. The molecule has 2 aromatic rings. The first-order chi connectivity index (χ1) is 6.59. The minimum Gasteiger partial charge on any atom is -0.368 e. The summed E-state index contributed by atoms with van der Waals surface area (Å²) in [5.74, 6) is 6.50. The molecular weight excluding hydrogens is 180 g/mol. The van der Waals surface area contributed by atoms with Crippen molar-refractivity contribution >= 4 is 22.8 Å². The average Bonchev–Trinajstić information content (AvgIpc) is 2.47. The molecular formula is C8H12N6. The molecule has 0 unspecified atom stereocenters. The number of rotatable bonds is 1. The first-order valence-corrected chi connectivity index (χ1v) is 4.16. The van der Waals surface area contributed by atoms with Gasteiger partial charge in [0.25, 0.3) is 0 Å². The van der Waals surface area contributed by atoms with Crippen molar-refractivity contribution in [3.05, 3.63) is 12.3 Å². The summed E-state index contributed by atoms with van der Waals surface area (Å²) in [7, 11) is 3.61. The second-order valence-electron chi connectivity index (χ2n) is 3.18. The molecule has 2 heterocycles. The van der Waals surface area contributed by atoms with Gasteiger partial charge in [0.1, 0.15) is 5.65 Å². The minimum absolute atomic E-state index is 0.228. The fourth-order valence-corrected chi connectivity index (χ4v) is 1.41. The zero-order chi connectivity index (χ0) is 10.3. The first-order valence-electron chi connectivity index (χ1n) is 4.16. The number of hydrogen-bond donors (Lipinski definition) is 2. The zero-order valence-corrected chi connectivity index (χ0v) is 8.10. The molecule has 0 saturated carbocycles. The Balaban J connectivity index is 2.82. The summed E-state index contributed by atoms with van der Waals surface area (Å²) in [4.78, 5) is 8.19. The largest absolute Gasteiger partial charge is 0.368 e. The molecule has 0 spiro atoms. The maximum Gasteiger partial charge on any atom is 0.224 e. The van der Waals surface area contributed by atoms with Gasteiger partial charge >= 0.3 is 0 Å². The van der Waals surface area contributed by atoms with Crippen molar-refractivity contribution < 1.29 is 0 Å². The number of nitrogen functional groups attached to an aromatic ring is 1. The lowest BCUT2D eigenvalue weighted by atomic mass is 10.4. The molecule has 4 N–H and O–H groups in total. The molecule has 6 nitrogen and oxygen atoms in total. The Morgan fingerprint density at radius 3 is 2.79 bits per heavy atom. The molecule has 6 heteroatoms. The minimum atomic E-state index is 0.228. The quantitative estimate of drug-likeness (QED) is 0.485. The van der Waals surface area contributed by atoms with E-state index in [1.165, 1.54) is 5.01 Å². The molecule has 0 aliphatic rings. The van der Waals surface area contributed by atoms with Gasteiger partial charge < -0.3 is 10.3 Å². The van der Waals surface area contributed by atoms with Gasteiger partial charge in [-0.2, -0.15) is 9.97 Å². The maximum absolute atomic E-state index is 5.64. The van der Waals surface area contributed by atoms with Crippen LogP contribution in [0.3, 0.4) is 0 Å². The Morgan fingerprint density at radius 1 is 1.43 bits per heavy atom. The third-order valence-corrected chi connectivity index (χ3v) is 2.06. The number of aromatic nitrogens is 3. The second-order valence-corrected chi connectivity index (χ2v) is 3.18. The highest BCUT2D eigenvalue weighted by Crippen LogP contribution is 2.22. The van der Waals surface area contributed by atoms with Gasteiger partial charge in [-0.05, 0) is 6.07 Å². The van der Waals surface area contributed by atoms with Crippen molar-refractivity contribution in [1.82, 2.24) is 14.5 Å². The van der Waals surface area contributed by atoms with Crippen molar-refractivity contribution in [1.29, 1.82) is 0 Å². The van der Waals surface area contributed by atoms with Crippen LogP contribution in [0.25, 0.3) is 11.0 Å². The van der Waals surface area contributed by atoms with Crippen molar-refractivity contribution in [3.63, 3.8) is 0 Å². The predicted molar refractivity (Wildman–Crippen MR) is 55.5 cm³/mol. The van der Waals surface area contributed by atoms with Crippen molar-refractivity contribution in [3.8, 4) is 0 Å². The normalized spacial score (nSPS) is 10.8. The summed E-state index contributed by atoms with van der Waals surface area (Å²) < 4.78 is 1.88. The van der Waals surface area contributed by atoms with E-state index in [0.717, 1.165) is 11.0 Å². The van der Waals surface area contributed by atoms with Crippen LogP contribution in [0, 0.1) is 0 Å². The van der Waals surface area contributed by atoms with E-state index < -0.39 is 0 Å². The Kier molecular flexibility index (Phi) is 1.78. The number of nitrogens with zero attached hydrogens (tertiary/aromatic N) is 4. The van der Waals surface area contributed by atoms with Gasteiger partial charge in [-0.25, -0.2) is 5.84 Å². The molecule has 0 bridgehead atoms. The fourth-order valence-electron chi connectivity index (χ4n) is 1.41. The number of nitrogens with two attached hydrogens (primary N) is 2. The van der Waals surface area contributed by atoms with E-state index in [0.29, 0.717) is 5.82 Å². The van der Waals surface area contributed by atoms with E-state index in [-0.39, 0.29) is 5.95 Å². The van der Waals surface area contributed by atoms with Gasteiger partial charge in [-0.1, -0.05) is 0 Å². The van der Waals surface area contributed by atoms with Crippen LogP contribution in [0.4, 0.5) is 11.8 Å². The van der Waals surface area contributed by atoms with Crippen LogP contribution in [-0.4, -0.2) is 21.6 Å². The standard InChI is InChI=1S/C8H12N6/c1-13-4-3-5-6(13)11-8(9)12-7(5)14(2)10/h3-4H,10H2,1-2H3,(H2,9,11,12). The van der Waals surface area contributed by atoms with E-state index in [1.807, 2.05) is 23.9 Å². The summed E-state index contributed by atoms with van der Waals surface area (Å²) >= 11 is 0. The van der Waals surface area contributed by atoms with Gasteiger partial charge in [0.15, 0.2) is 5.82 Å². The number of hydrazine groups is 1. The maximum atomic E-state index is 5.64. The van der Waals surface area contributed by atoms with Gasteiger partial charge in [0.2, 0.25) is 5.95 Å². The lowest BCUT2D eigenvalue weighted by Crippen LogP contribution is -2.26. The lowest BCUT2D eigenvalue weighted by molar-refractivity contribution is 0.937. The average molecular weight is 192 g/mol. The highest BCUT2D eigenvalue weighted by atomic mass is 15.4. The second kappa shape index (κ2) is 2.85. The molecule has 0 amide bonds. The Labute approximate surface area is 81.1 Å². The third-order valence-electron chi connectivity index (χ3n) is 2.06. The van der Waals surface area contributed by atoms with Crippen LogP contribution in [-0.2, 0) is 7.05 Å². The van der Waals surface area contributed by atoms with Crippen LogP contribution < -0.4 is 16.6 Å². The summed E-state index contributed by atoms with van der Waals surface area (Å²) in [5.41, 5.74) is 6.36. The molecule has 0 saturated heterocycles. The SMILES string of the molecule is CN(N)c1nc(N)nc2c1ccn2C. The zero-order valence-electron chi connectivity index (χ0n) is 8.10. The third kappa shape index (κ3) is 1.16. The van der Waals surface area contributed by atoms with E-state index >= 15 is 0 Å². The number of fused-ring (bicyclic) bond motifs is 1. The highest BCUT2D eigenvalue weighted by Gasteiger charge is 2.10. The molecule has 0 atom stereocenters. The first kappa shape index (κ1) is 8.76. The molecule has 0 fully saturated rings. The molecule has 14 heavy (non-hydrogen) atoms. The van der Waals surface area contributed by atoms with Gasteiger partial charge in [-0.3, -0.25) is 5.01 Å². The fraction of sp³-hybridized carbons (Fsp3) is 0.250. The van der Waals surface area contributed by atoms with Gasteiger partial charge in [0.05, 0.1) is 5.39 Å². The number of aryl methyl sites for hydroxylation is 1. The smallest absolute Gasteiger partial charge is 0.224 e. The number of hydrogen-bond acceptors (Lipinski definition) is 5. The summed E-state index contributed by atoms with van der Waals surface area (Å²) in [6.07, 6.45) is 1.89. The van der Waals surface area contributed by atoms with Crippen molar-refractivity contribution in [2.45, 2.75) is 0 Å². The van der Waals surface area contributed by atoms with E-state index in [2.05, 4.69) is 9.97 Å². The predicted octanol–water partition coefficient (Wildman–Crippen LogP) is -0.140. The summed E-state index contributed by atoms with van der Waals surface area (Å²) in [6, 6.07) is 1.91. The molecule has 74 valence electrons. The summed E-state index contributed by atoms with van der Waals surface area (Å²) in [6.45, 7) is 0. The summed E-state index contributed by atoms with van der Waals surface area (Å²) in [5, 5.41) is 2.33. The molecule has 2 aromatic heterocycles. The van der Waals surface area contributed by atoms with Crippen LogP contribution >= 0.6 is 0 Å². The van der Waals surface area contributed by atoms with E-state index in [1.54, 1.807) is 7.05 Å². The monoisotopic (exact) mass is 192 g/mol. The Hall–Kier alpha value is -1.82. The van der Waals surface area contributed by atoms with E-state index in [4.69, 9.17) is 11.6 Å². The molecule has 0 aromatic carbocycles. The molecule has 0 radical (unpaired) electrons. The number of anilines is 2. The highest BCUT2D eigenvalue weighted by molar-refractivity contribution is 5.88.